The average Bonchev–Trinajstić information content (AvgIpc) is 2.67. The molecule has 7 nitrogen and oxygen atoms in total. The van der Waals surface area contributed by atoms with Crippen molar-refractivity contribution in [1.29, 1.82) is 0 Å². The fourth-order valence-electron chi connectivity index (χ4n) is 3.35. The van der Waals surface area contributed by atoms with Crippen LogP contribution < -0.4 is 16.1 Å². The lowest BCUT2D eigenvalue weighted by Crippen LogP contribution is -2.46. The van der Waals surface area contributed by atoms with E-state index in [4.69, 9.17) is 0 Å². The summed E-state index contributed by atoms with van der Waals surface area (Å²) < 4.78 is 41.8. The Hall–Kier alpha value is -3.30. The van der Waals surface area contributed by atoms with Gasteiger partial charge in [0.2, 0.25) is 5.43 Å². The zero-order valence-electron chi connectivity index (χ0n) is 16.1. The van der Waals surface area contributed by atoms with Crippen molar-refractivity contribution >= 4 is 11.8 Å². The highest BCUT2D eigenvalue weighted by Crippen LogP contribution is 2.20. The number of hydrogen-bond donors (Lipinski definition) is 3. The van der Waals surface area contributed by atoms with E-state index in [9.17, 15) is 32.7 Å². The SMILES string of the molecule is CCCC[C@@H]1Cn2cc(C(=O)NCc3c(F)cc(F)cc3F)c(=O)c(O)c2C(=O)N1. The van der Waals surface area contributed by atoms with Crippen molar-refractivity contribution in [2.45, 2.75) is 45.3 Å². The Kier molecular flexibility index (Phi) is 6.14. The van der Waals surface area contributed by atoms with Crippen molar-refractivity contribution < 1.29 is 27.9 Å². The third kappa shape index (κ3) is 4.17. The van der Waals surface area contributed by atoms with Crippen LogP contribution in [0.2, 0.25) is 0 Å². The number of aromatic nitrogens is 1. The van der Waals surface area contributed by atoms with Gasteiger partial charge in [-0.1, -0.05) is 19.8 Å². The molecule has 0 spiro atoms. The summed E-state index contributed by atoms with van der Waals surface area (Å²) in [4.78, 5) is 37.1. The van der Waals surface area contributed by atoms with Crippen LogP contribution >= 0.6 is 0 Å². The van der Waals surface area contributed by atoms with Gasteiger partial charge in [0.1, 0.15) is 23.0 Å². The number of aromatic hydroxyl groups is 1. The Morgan fingerprint density at radius 2 is 1.93 bits per heavy atom. The third-order valence-electron chi connectivity index (χ3n) is 4.91. The van der Waals surface area contributed by atoms with Gasteiger partial charge in [-0.15, -0.1) is 0 Å². The zero-order valence-corrected chi connectivity index (χ0v) is 16.1. The van der Waals surface area contributed by atoms with E-state index in [0.29, 0.717) is 18.6 Å². The number of benzene rings is 1. The molecule has 160 valence electrons. The van der Waals surface area contributed by atoms with Crippen LogP contribution in [-0.4, -0.2) is 27.5 Å². The second kappa shape index (κ2) is 8.60. The summed E-state index contributed by atoms with van der Waals surface area (Å²) in [6.45, 7) is 1.60. The number of halogens is 3. The molecule has 3 N–H and O–H groups in total. The first-order valence-electron chi connectivity index (χ1n) is 9.41. The maximum Gasteiger partial charge on any atom is 0.272 e. The van der Waals surface area contributed by atoms with Crippen molar-refractivity contribution in [2.75, 3.05) is 0 Å². The van der Waals surface area contributed by atoms with E-state index < -0.39 is 58.1 Å². The molecule has 2 heterocycles. The lowest BCUT2D eigenvalue weighted by molar-refractivity contribution is 0.0884. The normalized spacial score (nSPS) is 15.5. The minimum Gasteiger partial charge on any atom is -0.503 e. The number of fused-ring (bicyclic) bond motifs is 1. The highest BCUT2D eigenvalue weighted by Gasteiger charge is 2.30. The molecule has 1 aliphatic rings. The number of rotatable bonds is 6. The molecule has 0 fully saturated rings. The molecule has 0 aliphatic carbocycles. The smallest absolute Gasteiger partial charge is 0.272 e. The van der Waals surface area contributed by atoms with E-state index in [1.54, 1.807) is 0 Å². The van der Waals surface area contributed by atoms with E-state index in [-0.39, 0.29) is 18.3 Å². The summed E-state index contributed by atoms with van der Waals surface area (Å²) in [5, 5.41) is 15.1. The zero-order chi connectivity index (χ0) is 22.0. The van der Waals surface area contributed by atoms with Gasteiger partial charge < -0.3 is 20.3 Å². The quantitative estimate of drug-likeness (QED) is 0.663. The van der Waals surface area contributed by atoms with Crippen LogP contribution in [0.25, 0.3) is 0 Å². The Morgan fingerprint density at radius 1 is 1.27 bits per heavy atom. The molecule has 10 heteroatoms. The van der Waals surface area contributed by atoms with Gasteiger partial charge in [-0.3, -0.25) is 14.4 Å². The maximum atomic E-state index is 13.7. The minimum absolute atomic E-state index is 0.231. The van der Waals surface area contributed by atoms with Gasteiger partial charge in [0.15, 0.2) is 11.4 Å². The Balaban J connectivity index is 1.86. The number of carbonyl (C=O) groups is 2. The first kappa shape index (κ1) is 21.4. The van der Waals surface area contributed by atoms with Crippen molar-refractivity contribution in [3.05, 3.63) is 62.8 Å². The maximum absolute atomic E-state index is 13.7. The molecule has 2 aromatic rings. The second-order valence-corrected chi connectivity index (χ2v) is 7.06. The summed E-state index contributed by atoms with van der Waals surface area (Å²) in [6, 6.07) is 0.712. The van der Waals surface area contributed by atoms with Gasteiger partial charge in [-0.2, -0.15) is 0 Å². The van der Waals surface area contributed by atoms with Crippen LogP contribution in [0, 0.1) is 17.5 Å². The van der Waals surface area contributed by atoms with Gasteiger partial charge in [0.25, 0.3) is 11.8 Å². The van der Waals surface area contributed by atoms with Crippen LogP contribution in [0.3, 0.4) is 0 Å². The Morgan fingerprint density at radius 3 is 2.57 bits per heavy atom. The second-order valence-electron chi connectivity index (χ2n) is 7.06. The standard InChI is InChI=1S/C20H20F3N3O4/c1-2-3-4-11-8-26-9-13(17(27)18(28)16(26)20(30)25-11)19(29)24-7-12-14(22)5-10(21)6-15(12)23/h5-6,9,11,28H,2-4,7-8H2,1H3,(H,24,29)(H,25,30)/t11-/m1/s1. The van der Waals surface area contributed by atoms with Crippen LogP contribution in [0.5, 0.6) is 5.75 Å². The lowest BCUT2D eigenvalue weighted by Gasteiger charge is -2.28. The van der Waals surface area contributed by atoms with Crippen LogP contribution in [0.4, 0.5) is 13.2 Å². The van der Waals surface area contributed by atoms with Crippen LogP contribution in [0.15, 0.2) is 23.1 Å². The van der Waals surface area contributed by atoms with E-state index in [0.717, 1.165) is 19.0 Å². The molecule has 1 aromatic heterocycles. The van der Waals surface area contributed by atoms with Crippen molar-refractivity contribution in [2.24, 2.45) is 0 Å². The first-order chi connectivity index (χ1) is 14.2. The molecular weight excluding hydrogens is 403 g/mol. The molecule has 0 unspecified atom stereocenters. The van der Waals surface area contributed by atoms with Crippen molar-refractivity contribution in [1.82, 2.24) is 15.2 Å². The third-order valence-corrected chi connectivity index (χ3v) is 4.91. The fourth-order valence-corrected chi connectivity index (χ4v) is 3.35. The van der Waals surface area contributed by atoms with Gasteiger partial charge in [-0.05, 0) is 6.42 Å². The molecule has 0 saturated heterocycles. The topological polar surface area (TPSA) is 100 Å². The van der Waals surface area contributed by atoms with Gasteiger partial charge in [-0.25, -0.2) is 13.2 Å². The molecule has 3 rings (SSSR count). The summed E-state index contributed by atoms with van der Waals surface area (Å²) in [5.41, 5.74) is -2.39. The number of hydrogen-bond acceptors (Lipinski definition) is 4. The fraction of sp³-hybridized carbons (Fsp3) is 0.350. The largest absolute Gasteiger partial charge is 0.503 e. The number of unbranched alkanes of at least 4 members (excludes halogenated alkanes) is 1. The number of nitrogens with zero attached hydrogens (tertiary/aromatic N) is 1. The number of nitrogens with one attached hydrogen (secondary N) is 2. The molecule has 0 radical (unpaired) electrons. The lowest BCUT2D eigenvalue weighted by atomic mass is 10.1. The molecule has 30 heavy (non-hydrogen) atoms. The van der Waals surface area contributed by atoms with Gasteiger partial charge >= 0.3 is 0 Å². The summed E-state index contributed by atoms with van der Waals surface area (Å²) in [6.07, 6.45) is 3.59. The molecule has 1 atom stereocenters. The number of amides is 2. The Labute approximate surface area is 169 Å². The van der Waals surface area contributed by atoms with E-state index in [2.05, 4.69) is 10.6 Å². The number of pyridine rings is 1. The minimum atomic E-state index is -1.19. The molecule has 0 saturated carbocycles. The first-order valence-corrected chi connectivity index (χ1v) is 9.41. The van der Waals surface area contributed by atoms with Gasteiger partial charge in [0.05, 0.1) is 0 Å². The van der Waals surface area contributed by atoms with Crippen LogP contribution in [-0.2, 0) is 13.1 Å². The molecule has 1 aromatic carbocycles. The molecular formula is C20H20F3N3O4. The van der Waals surface area contributed by atoms with Crippen molar-refractivity contribution in [3.63, 3.8) is 0 Å². The number of carbonyl (C=O) groups excluding carboxylic acids is 2. The highest BCUT2D eigenvalue weighted by atomic mass is 19.1. The van der Waals surface area contributed by atoms with Gasteiger partial charge in [0, 0.05) is 43.0 Å². The average molecular weight is 423 g/mol. The summed E-state index contributed by atoms with van der Waals surface area (Å²) >= 11 is 0. The van der Waals surface area contributed by atoms with Crippen LogP contribution in [0.1, 0.15) is 52.6 Å². The molecule has 1 aliphatic heterocycles. The predicted octanol–water partition coefficient (Wildman–Crippen LogP) is 2.20. The Bertz CT molecular complexity index is 1040. The molecule has 2 amide bonds. The van der Waals surface area contributed by atoms with E-state index in [1.807, 2.05) is 6.92 Å². The highest BCUT2D eigenvalue weighted by molar-refractivity contribution is 5.99. The summed E-state index contributed by atoms with van der Waals surface area (Å²) in [5.74, 6) is -5.98. The van der Waals surface area contributed by atoms with E-state index in [1.165, 1.54) is 4.57 Å². The molecule has 0 bridgehead atoms. The van der Waals surface area contributed by atoms with E-state index >= 15 is 0 Å². The summed E-state index contributed by atoms with van der Waals surface area (Å²) in [7, 11) is 0. The monoisotopic (exact) mass is 423 g/mol. The van der Waals surface area contributed by atoms with Crippen molar-refractivity contribution in [3.8, 4) is 5.75 Å². The predicted molar refractivity (Wildman–Crippen MR) is 101 cm³/mol.